The third kappa shape index (κ3) is 3.07. The lowest BCUT2D eigenvalue weighted by Crippen LogP contribution is -1.99. The van der Waals surface area contributed by atoms with Gasteiger partial charge >= 0.3 is 5.97 Å². The number of para-hydroxylation sites is 1. The number of benzene rings is 1. The van der Waals surface area contributed by atoms with Crippen LogP contribution in [0.1, 0.15) is 23.7 Å². The molecular formula is C12H12N2O4. The molecule has 1 aromatic heterocycles. The maximum atomic E-state index is 10.4. The Morgan fingerprint density at radius 2 is 2.11 bits per heavy atom. The predicted molar refractivity (Wildman–Crippen MR) is 61.2 cm³/mol. The van der Waals surface area contributed by atoms with Crippen LogP contribution in [-0.4, -0.2) is 26.3 Å². The monoisotopic (exact) mass is 248 g/mol. The number of carboxylic acid groups (broad SMARTS) is 1. The molecule has 1 aromatic carbocycles. The van der Waals surface area contributed by atoms with Crippen molar-refractivity contribution in [3.8, 4) is 5.75 Å². The van der Waals surface area contributed by atoms with Crippen molar-refractivity contribution in [3.05, 3.63) is 41.5 Å². The first-order valence-corrected chi connectivity index (χ1v) is 5.45. The van der Waals surface area contributed by atoms with Gasteiger partial charge in [0.15, 0.2) is 5.82 Å². The lowest BCUT2D eigenvalue weighted by molar-refractivity contribution is -0.137. The SMILES string of the molecule is O=C(O)CCc1noc(Cc2ccccc2O)n1. The first-order valence-electron chi connectivity index (χ1n) is 5.45. The Labute approximate surface area is 103 Å². The van der Waals surface area contributed by atoms with E-state index < -0.39 is 5.97 Å². The summed E-state index contributed by atoms with van der Waals surface area (Å²) in [5.74, 6) is -0.00968. The van der Waals surface area contributed by atoms with E-state index in [1.165, 1.54) is 0 Å². The van der Waals surface area contributed by atoms with Gasteiger partial charge in [0, 0.05) is 12.0 Å². The number of carboxylic acids is 1. The second-order valence-electron chi connectivity index (χ2n) is 3.80. The molecular weight excluding hydrogens is 236 g/mol. The van der Waals surface area contributed by atoms with Crippen LogP contribution in [0.4, 0.5) is 0 Å². The molecule has 0 aliphatic rings. The molecule has 6 heteroatoms. The molecule has 2 aromatic rings. The lowest BCUT2D eigenvalue weighted by atomic mass is 10.1. The Kier molecular flexibility index (Phi) is 3.57. The lowest BCUT2D eigenvalue weighted by Gasteiger charge is -1.99. The number of phenolic OH excluding ortho intramolecular Hbond substituents is 1. The van der Waals surface area contributed by atoms with E-state index in [1.807, 2.05) is 0 Å². The van der Waals surface area contributed by atoms with Gasteiger partial charge in [0.2, 0.25) is 5.89 Å². The van der Waals surface area contributed by atoms with Gasteiger partial charge < -0.3 is 14.7 Å². The zero-order valence-electron chi connectivity index (χ0n) is 9.54. The van der Waals surface area contributed by atoms with Crippen molar-refractivity contribution in [1.82, 2.24) is 10.1 Å². The van der Waals surface area contributed by atoms with Crippen LogP contribution in [0, 0.1) is 0 Å². The van der Waals surface area contributed by atoms with Crippen LogP contribution in [0.2, 0.25) is 0 Å². The Bertz CT molecular complexity index is 551. The predicted octanol–water partition coefficient (Wildman–Crippen LogP) is 1.38. The fraction of sp³-hybridized carbons (Fsp3) is 0.250. The number of aromatic nitrogens is 2. The second-order valence-corrected chi connectivity index (χ2v) is 3.80. The van der Waals surface area contributed by atoms with Crippen LogP contribution in [0.25, 0.3) is 0 Å². The summed E-state index contributed by atoms with van der Waals surface area (Å²) in [4.78, 5) is 14.5. The quantitative estimate of drug-likeness (QED) is 0.829. The molecule has 94 valence electrons. The van der Waals surface area contributed by atoms with E-state index in [1.54, 1.807) is 24.3 Å². The number of aromatic hydroxyl groups is 1. The number of aliphatic carboxylic acids is 1. The van der Waals surface area contributed by atoms with E-state index in [-0.39, 0.29) is 18.6 Å². The Morgan fingerprint density at radius 3 is 2.83 bits per heavy atom. The van der Waals surface area contributed by atoms with Gasteiger partial charge in [-0.3, -0.25) is 4.79 Å². The molecule has 0 aliphatic heterocycles. The average Bonchev–Trinajstić information content (AvgIpc) is 2.77. The van der Waals surface area contributed by atoms with E-state index in [9.17, 15) is 9.90 Å². The summed E-state index contributed by atoms with van der Waals surface area (Å²) in [6.45, 7) is 0. The van der Waals surface area contributed by atoms with Crippen molar-refractivity contribution in [2.45, 2.75) is 19.3 Å². The minimum absolute atomic E-state index is 0.0322. The van der Waals surface area contributed by atoms with Crippen LogP contribution >= 0.6 is 0 Å². The van der Waals surface area contributed by atoms with Crippen molar-refractivity contribution in [2.24, 2.45) is 0 Å². The summed E-state index contributed by atoms with van der Waals surface area (Å²) in [7, 11) is 0. The van der Waals surface area contributed by atoms with Crippen molar-refractivity contribution in [2.75, 3.05) is 0 Å². The highest BCUT2D eigenvalue weighted by atomic mass is 16.5. The first-order chi connectivity index (χ1) is 8.65. The van der Waals surface area contributed by atoms with E-state index in [2.05, 4.69) is 10.1 Å². The Hall–Kier alpha value is -2.37. The van der Waals surface area contributed by atoms with Gasteiger partial charge in [-0.05, 0) is 6.07 Å². The molecule has 2 rings (SSSR count). The smallest absolute Gasteiger partial charge is 0.303 e. The molecule has 2 N–H and O–H groups in total. The molecule has 0 aliphatic carbocycles. The van der Waals surface area contributed by atoms with Crippen LogP contribution in [-0.2, 0) is 17.6 Å². The Morgan fingerprint density at radius 1 is 1.33 bits per heavy atom. The molecule has 0 saturated heterocycles. The highest BCUT2D eigenvalue weighted by molar-refractivity contribution is 5.66. The average molecular weight is 248 g/mol. The molecule has 0 fully saturated rings. The topological polar surface area (TPSA) is 96.5 Å². The van der Waals surface area contributed by atoms with Crippen molar-refractivity contribution < 1.29 is 19.5 Å². The molecule has 6 nitrogen and oxygen atoms in total. The fourth-order valence-electron chi connectivity index (χ4n) is 1.51. The van der Waals surface area contributed by atoms with Crippen LogP contribution in [0.5, 0.6) is 5.75 Å². The molecule has 0 saturated carbocycles. The molecule has 0 bridgehead atoms. The standard InChI is InChI=1S/C12H12N2O4/c15-9-4-2-1-3-8(9)7-11-13-10(14-18-11)5-6-12(16)17/h1-4,15H,5-7H2,(H,16,17). The van der Waals surface area contributed by atoms with E-state index in [0.29, 0.717) is 23.7 Å². The molecule has 18 heavy (non-hydrogen) atoms. The summed E-state index contributed by atoms with van der Waals surface area (Å²) in [6.07, 6.45) is 0.530. The van der Waals surface area contributed by atoms with Crippen molar-refractivity contribution >= 4 is 5.97 Å². The third-order valence-corrected chi connectivity index (χ3v) is 2.41. The minimum Gasteiger partial charge on any atom is -0.508 e. The van der Waals surface area contributed by atoms with Gasteiger partial charge in [0.1, 0.15) is 5.75 Å². The van der Waals surface area contributed by atoms with Gasteiger partial charge in [-0.25, -0.2) is 0 Å². The normalized spacial score (nSPS) is 10.4. The zero-order chi connectivity index (χ0) is 13.0. The molecule has 1 heterocycles. The van der Waals surface area contributed by atoms with Gasteiger partial charge in [-0.15, -0.1) is 0 Å². The fourth-order valence-corrected chi connectivity index (χ4v) is 1.51. The molecule has 0 amide bonds. The highest BCUT2D eigenvalue weighted by Crippen LogP contribution is 2.18. The summed E-state index contributed by atoms with van der Waals surface area (Å²) < 4.78 is 4.99. The van der Waals surface area contributed by atoms with E-state index >= 15 is 0 Å². The number of hydrogen-bond donors (Lipinski definition) is 2. The number of nitrogens with zero attached hydrogens (tertiary/aromatic N) is 2. The number of aryl methyl sites for hydroxylation is 1. The maximum Gasteiger partial charge on any atom is 0.303 e. The van der Waals surface area contributed by atoms with Crippen LogP contribution in [0.15, 0.2) is 28.8 Å². The number of carbonyl (C=O) groups is 1. The first kappa shape index (κ1) is 12.1. The highest BCUT2D eigenvalue weighted by Gasteiger charge is 2.10. The van der Waals surface area contributed by atoms with E-state index in [0.717, 1.165) is 0 Å². The summed E-state index contributed by atoms with van der Waals surface area (Å²) in [5.41, 5.74) is 0.686. The van der Waals surface area contributed by atoms with Gasteiger partial charge in [-0.2, -0.15) is 4.98 Å². The van der Waals surface area contributed by atoms with Crippen LogP contribution in [0.3, 0.4) is 0 Å². The minimum atomic E-state index is -0.901. The molecule has 0 atom stereocenters. The largest absolute Gasteiger partial charge is 0.508 e. The number of phenols is 1. The van der Waals surface area contributed by atoms with Crippen molar-refractivity contribution in [3.63, 3.8) is 0 Å². The summed E-state index contributed by atoms with van der Waals surface area (Å²) in [5, 5.41) is 21.8. The number of hydrogen-bond acceptors (Lipinski definition) is 5. The van der Waals surface area contributed by atoms with Gasteiger partial charge in [0.25, 0.3) is 0 Å². The van der Waals surface area contributed by atoms with Gasteiger partial charge in [-0.1, -0.05) is 23.4 Å². The van der Waals surface area contributed by atoms with Crippen molar-refractivity contribution in [1.29, 1.82) is 0 Å². The third-order valence-electron chi connectivity index (χ3n) is 2.41. The molecule has 0 radical (unpaired) electrons. The molecule has 0 unspecified atom stereocenters. The maximum absolute atomic E-state index is 10.4. The van der Waals surface area contributed by atoms with E-state index in [4.69, 9.17) is 9.63 Å². The molecule has 0 spiro atoms. The summed E-state index contributed by atoms with van der Waals surface area (Å²) in [6, 6.07) is 6.87. The number of rotatable bonds is 5. The second kappa shape index (κ2) is 5.31. The van der Waals surface area contributed by atoms with Crippen LogP contribution < -0.4 is 0 Å². The Balaban J connectivity index is 2.02. The van der Waals surface area contributed by atoms with Gasteiger partial charge in [0.05, 0.1) is 12.8 Å². The zero-order valence-corrected chi connectivity index (χ0v) is 9.54. The summed E-state index contributed by atoms with van der Waals surface area (Å²) >= 11 is 0.